The second kappa shape index (κ2) is 5.82. The highest BCUT2D eigenvalue weighted by molar-refractivity contribution is 7.15. The first-order valence-electron chi connectivity index (χ1n) is 7.91. The van der Waals surface area contributed by atoms with Gasteiger partial charge in [0.1, 0.15) is 0 Å². The lowest BCUT2D eigenvalue weighted by Gasteiger charge is -2.17. The Morgan fingerprint density at radius 3 is 2.48 bits per heavy atom. The number of thiazole rings is 1. The molecule has 0 radical (unpaired) electrons. The molecule has 118 valence electrons. The Balaban J connectivity index is 2.22. The van der Waals surface area contributed by atoms with E-state index < -0.39 is 0 Å². The largest absolute Gasteiger partial charge is 0.286 e. The minimum absolute atomic E-state index is 0.0682. The van der Waals surface area contributed by atoms with Gasteiger partial charge in [0.2, 0.25) is 0 Å². The molecule has 0 aliphatic rings. The van der Waals surface area contributed by atoms with E-state index in [1.807, 2.05) is 0 Å². The van der Waals surface area contributed by atoms with Crippen molar-refractivity contribution in [1.82, 2.24) is 9.38 Å². The third-order valence-electron chi connectivity index (χ3n) is 4.07. The van der Waals surface area contributed by atoms with Crippen molar-refractivity contribution in [3.05, 3.63) is 46.6 Å². The second-order valence-electron chi connectivity index (χ2n) is 6.78. The molecule has 0 aliphatic heterocycles. The molecule has 2 heterocycles. The van der Waals surface area contributed by atoms with Gasteiger partial charge in [0, 0.05) is 10.8 Å². The van der Waals surface area contributed by atoms with E-state index in [-0.39, 0.29) is 5.41 Å². The Morgan fingerprint density at radius 1 is 1.22 bits per heavy atom. The molecule has 0 aliphatic carbocycles. The molecule has 0 saturated heterocycles. The molecule has 3 rings (SSSR count). The fourth-order valence-corrected chi connectivity index (χ4v) is 3.78. The summed E-state index contributed by atoms with van der Waals surface area (Å²) in [7, 11) is 0. The second-order valence-corrected chi connectivity index (χ2v) is 7.62. The van der Waals surface area contributed by atoms with Gasteiger partial charge < -0.3 is 0 Å². The highest BCUT2D eigenvalue weighted by Gasteiger charge is 2.25. The van der Waals surface area contributed by atoms with Gasteiger partial charge in [-0.2, -0.15) is 5.26 Å². The van der Waals surface area contributed by atoms with E-state index in [9.17, 15) is 5.26 Å². The van der Waals surface area contributed by atoms with E-state index in [1.54, 1.807) is 11.3 Å². The van der Waals surface area contributed by atoms with Crippen molar-refractivity contribution in [3.63, 3.8) is 0 Å². The fourth-order valence-electron chi connectivity index (χ4n) is 2.87. The standard InChI is InChI=1S/C19H21N3S/c1-5-13-6-8-14(9-7-13)16-12-23-18-21-17(19(2,3)4)15(10-11-20)22(16)18/h6-9,12H,5,10H2,1-4H3. The van der Waals surface area contributed by atoms with Crippen LogP contribution in [0.1, 0.15) is 44.6 Å². The molecule has 3 aromatic rings. The smallest absolute Gasteiger partial charge is 0.194 e. The lowest BCUT2D eigenvalue weighted by atomic mass is 9.90. The summed E-state index contributed by atoms with van der Waals surface area (Å²) in [5, 5.41) is 11.4. The van der Waals surface area contributed by atoms with Crippen molar-refractivity contribution >= 4 is 16.3 Å². The molecule has 0 saturated carbocycles. The van der Waals surface area contributed by atoms with Crippen molar-refractivity contribution in [1.29, 1.82) is 5.26 Å². The van der Waals surface area contributed by atoms with Crippen molar-refractivity contribution < 1.29 is 0 Å². The molecule has 0 atom stereocenters. The van der Waals surface area contributed by atoms with Gasteiger partial charge in [0.25, 0.3) is 0 Å². The van der Waals surface area contributed by atoms with Gasteiger partial charge in [0.15, 0.2) is 4.96 Å². The average molecular weight is 323 g/mol. The molecule has 0 fully saturated rings. The maximum atomic E-state index is 9.27. The van der Waals surface area contributed by atoms with Crippen LogP contribution >= 0.6 is 11.3 Å². The maximum absolute atomic E-state index is 9.27. The molecule has 1 aromatic carbocycles. The maximum Gasteiger partial charge on any atom is 0.194 e. The first-order chi connectivity index (χ1) is 11.0. The van der Waals surface area contributed by atoms with Gasteiger partial charge in [-0.25, -0.2) is 4.98 Å². The molecular weight excluding hydrogens is 302 g/mol. The molecule has 2 aromatic heterocycles. The number of hydrogen-bond donors (Lipinski definition) is 0. The van der Waals surface area contributed by atoms with E-state index in [4.69, 9.17) is 4.98 Å². The van der Waals surface area contributed by atoms with Gasteiger partial charge in [0.05, 0.1) is 29.6 Å². The van der Waals surface area contributed by atoms with Crippen LogP contribution < -0.4 is 0 Å². The third kappa shape index (κ3) is 2.77. The molecule has 23 heavy (non-hydrogen) atoms. The van der Waals surface area contributed by atoms with Crippen LogP contribution in [0.15, 0.2) is 29.6 Å². The summed E-state index contributed by atoms with van der Waals surface area (Å²) in [6.45, 7) is 8.61. The number of fused-ring (bicyclic) bond motifs is 1. The van der Waals surface area contributed by atoms with Crippen molar-refractivity contribution in [2.45, 2.75) is 46.0 Å². The molecule has 4 heteroatoms. The Labute approximate surface area is 141 Å². The summed E-state index contributed by atoms with van der Waals surface area (Å²) in [5.41, 5.74) is 5.61. The Kier molecular flexibility index (Phi) is 3.99. The molecule has 0 unspecified atom stereocenters. The molecule has 0 spiro atoms. The summed E-state index contributed by atoms with van der Waals surface area (Å²) in [6.07, 6.45) is 1.42. The Hall–Kier alpha value is -2.12. The van der Waals surface area contributed by atoms with Crippen LogP contribution in [-0.2, 0) is 18.3 Å². The van der Waals surface area contributed by atoms with Gasteiger partial charge >= 0.3 is 0 Å². The van der Waals surface area contributed by atoms with Crippen molar-refractivity contribution in [2.75, 3.05) is 0 Å². The van der Waals surface area contributed by atoms with Crippen molar-refractivity contribution in [3.8, 4) is 17.3 Å². The number of benzene rings is 1. The Morgan fingerprint density at radius 2 is 1.91 bits per heavy atom. The first kappa shape index (κ1) is 15.8. The summed E-state index contributed by atoms with van der Waals surface area (Å²) < 4.78 is 2.16. The van der Waals surface area contributed by atoms with Crippen LogP contribution in [0.2, 0.25) is 0 Å². The van der Waals surface area contributed by atoms with Gasteiger partial charge in [-0.15, -0.1) is 11.3 Å². The Bertz CT molecular complexity index is 870. The predicted molar refractivity (Wildman–Crippen MR) is 95.9 cm³/mol. The molecular formula is C19H21N3S. The number of aromatic nitrogens is 2. The monoisotopic (exact) mass is 323 g/mol. The van der Waals surface area contributed by atoms with E-state index in [0.29, 0.717) is 6.42 Å². The molecule has 0 N–H and O–H groups in total. The number of rotatable bonds is 3. The van der Waals surface area contributed by atoms with Crippen LogP contribution in [0.25, 0.3) is 16.2 Å². The number of nitrogens with zero attached hydrogens (tertiary/aromatic N) is 3. The van der Waals surface area contributed by atoms with Crippen LogP contribution in [0, 0.1) is 11.3 Å². The third-order valence-corrected chi connectivity index (χ3v) is 4.90. The predicted octanol–water partition coefficient (Wildman–Crippen LogP) is 4.99. The summed E-state index contributed by atoms with van der Waals surface area (Å²) >= 11 is 1.64. The SMILES string of the molecule is CCc1ccc(-c2csc3nc(C(C)(C)C)c(CC#N)n23)cc1. The van der Waals surface area contributed by atoms with Gasteiger partial charge in [-0.3, -0.25) is 4.40 Å². The quantitative estimate of drug-likeness (QED) is 0.681. The number of hydrogen-bond acceptors (Lipinski definition) is 3. The zero-order valence-corrected chi connectivity index (χ0v) is 14.9. The molecule has 3 nitrogen and oxygen atoms in total. The molecule has 0 amide bonds. The van der Waals surface area contributed by atoms with Gasteiger partial charge in [-0.05, 0) is 17.5 Å². The van der Waals surface area contributed by atoms with Crippen LogP contribution in [0.3, 0.4) is 0 Å². The minimum Gasteiger partial charge on any atom is -0.286 e. The zero-order valence-electron chi connectivity index (χ0n) is 14.1. The number of imidazole rings is 1. The zero-order chi connectivity index (χ0) is 16.6. The first-order valence-corrected chi connectivity index (χ1v) is 8.79. The van der Waals surface area contributed by atoms with E-state index >= 15 is 0 Å². The van der Waals surface area contributed by atoms with E-state index in [2.05, 4.69) is 67.8 Å². The number of nitriles is 1. The summed E-state index contributed by atoms with van der Waals surface area (Å²) in [4.78, 5) is 5.78. The van der Waals surface area contributed by atoms with E-state index in [1.165, 1.54) is 11.1 Å². The van der Waals surface area contributed by atoms with Crippen molar-refractivity contribution in [2.24, 2.45) is 0 Å². The topological polar surface area (TPSA) is 41.1 Å². The summed E-state index contributed by atoms with van der Waals surface area (Å²) in [5.74, 6) is 0. The fraction of sp³-hybridized carbons (Fsp3) is 0.368. The van der Waals surface area contributed by atoms with Gasteiger partial charge in [-0.1, -0.05) is 52.0 Å². The highest BCUT2D eigenvalue weighted by Crippen LogP contribution is 2.33. The number of aryl methyl sites for hydroxylation is 1. The van der Waals surface area contributed by atoms with E-state index in [0.717, 1.165) is 28.5 Å². The van der Waals surface area contributed by atoms with Crippen LogP contribution in [0.5, 0.6) is 0 Å². The average Bonchev–Trinajstić information content (AvgIpc) is 3.08. The summed E-state index contributed by atoms with van der Waals surface area (Å²) in [6, 6.07) is 11.0. The minimum atomic E-state index is -0.0682. The van der Waals surface area contributed by atoms with Crippen LogP contribution in [0.4, 0.5) is 0 Å². The highest BCUT2D eigenvalue weighted by atomic mass is 32.1. The van der Waals surface area contributed by atoms with Crippen LogP contribution in [-0.4, -0.2) is 9.38 Å². The lowest BCUT2D eigenvalue weighted by molar-refractivity contribution is 0.566. The molecule has 0 bridgehead atoms. The normalized spacial score (nSPS) is 11.8. The lowest BCUT2D eigenvalue weighted by Crippen LogP contribution is -2.15.